The lowest BCUT2D eigenvalue weighted by atomic mass is 10.1. The van der Waals surface area contributed by atoms with Crippen molar-refractivity contribution in [3.05, 3.63) is 63.0 Å². The monoisotopic (exact) mass is 476 g/mol. The molecule has 1 aliphatic rings. The molecule has 1 N–H and O–H groups in total. The number of thiocarbonyl (C=S) groups is 1. The molecule has 31 heavy (non-hydrogen) atoms. The van der Waals surface area contributed by atoms with Crippen molar-refractivity contribution in [2.45, 2.75) is 26.9 Å². The number of rotatable bonds is 6. The van der Waals surface area contributed by atoms with Crippen molar-refractivity contribution in [3.63, 3.8) is 0 Å². The van der Waals surface area contributed by atoms with E-state index in [-0.39, 0.29) is 16.0 Å². The lowest BCUT2D eigenvalue weighted by Crippen LogP contribution is -2.44. The van der Waals surface area contributed by atoms with Crippen molar-refractivity contribution in [1.29, 1.82) is 0 Å². The van der Waals surface area contributed by atoms with Crippen LogP contribution in [0, 0.1) is 6.92 Å². The number of nitrogens with one attached hydrogen (secondary N) is 1. The van der Waals surface area contributed by atoms with E-state index in [1.165, 1.54) is 0 Å². The minimum atomic E-state index is -0.514. The molecule has 0 aromatic heterocycles. The second-order valence-corrected chi connectivity index (χ2v) is 9.10. The summed E-state index contributed by atoms with van der Waals surface area (Å²) in [6, 6.07) is 10.4. The van der Waals surface area contributed by atoms with Crippen molar-refractivity contribution >= 4 is 57.8 Å². The molecule has 6 nitrogen and oxygen atoms in total. The number of halogens is 1. The molecule has 2 aromatic carbocycles. The third kappa shape index (κ3) is 5.39. The standard InChI is InChI=1S/C22H21ClN2O4S2/c1-12(2)29-17-8-6-14(10-18(17)28-4)11-19-21(27)25(22(30)31-19)24-20(26)15-7-5-13(3)9-16(15)23/h5-12H,1-4H3,(H,24,26)/b19-11-. The number of carbonyl (C=O) groups is 2. The van der Waals surface area contributed by atoms with Crippen LogP contribution >= 0.6 is 35.6 Å². The van der Waals surface area contributed by atoms with Gasteiger partial charge in [0.05, 0.1) is 28.7 Å². The predicted octanol–water partition coefficient (Wildman–Crippen LogP) is 4.99. The molecule has 0 bridgehead atoms. The maximum atomic E-state index is 12.8. The quantitative estimate of drug-likeness (QED) is 0.468. The zero-order chi connectivity index (χ0) is 22.7. The molecular formula is C22H21ClN2O4S2. The highest BCUT2D eigenvalue weighted by molar-refractivity contribution is 8.26. The van der Waals surface area contributed by atoms with Gasteiger partial charge in [-0.25, -0.2) is 0 Å². The fourth-order valence-electron chi connectivity index (χ4n) is 2.81. The first-order valence-corrected chi connectivity index (χ1v) is 11.0. The van der Waals surface area contributed by atoms with Gasteiger partial charge in [0.25, 0.3) is 11.8 Å². The molecule has 1 fully saturated rings. The van der Waals surface area contributed by atoms with Gasteiger partial charge in [0.15, 0.2) is 15.8 Å². The number of ether oxygens (including phenoxy) is 2. The Morgan fingerprint density at radius 3 is 2.61 bits per heavy atom. The van der Waals surface area contributed by atoms with Crippen molar-refractivity contribution in [1.82, 2.24) is 10.4 Å². The van der Waals surface area contributed by atoms with Gasteiger partial charge in [-0.15, -0.1) is 0 Å². The van der Waals surface area contributed by atoms with Crippen molar-refractivity contribution in [2.24, 2.45) is 0 Å². The summed E-state index contributed by atoms with van der Waals surface area (Å²) in [5.41, 5.74) is 4.46. The lowest BCUT2D eigenvalue weighted by molar-refractivity contribution is -0.123. The Bertz CT molecular complexity index is 1090. The summed E-state index contributed by atoms with van der Waals surface area (Å²) < 4.78 is 11.3. The number of carbonyl (C=O) groups excluding carboxylic acids is 2. The number of hydrogen-bond donors (Lipinski definition) is 1. The Morgan fingerprint density at radius 1 is 1.23 bits per heavy atom. The summed E-state index contributed by atoms with van der Waals surface area (Å²) in [5.74, 6) is 0.233. The molecule has 3 rings (SSSR count). The Kier molecular flexibility index (Phi) is 7.25. The van der Waals surface area contributed by atoms with Crippen LogP contribution in [0.2, 0.25) is 5.02 Å². The minimum Gasteiger partial charge on any atom is -0.493 e. The number of methoxy groups -OCH3 is 1. The van der Waals surface area contributed by atoms with E-state index in [4.69, 9.17) is 33.3 Å². The Labute approximate surface area is 195 Å². The van der Waals surface area contributed by atoms with Crippen LogP contribution in [0.3, 0.4) is 0 Å². The summed E-state index contributed by atoms with van der Waals surface area (Å²) in [6.07, 6.45) is 1.69. The van der Waals surface area contributed by atoms with Gasteiger partial charge < -0.3 is 9.47 Å². The van der Waals surface area contributed by atoms with E-state index in [1.54, 1.807) is 43.5 Å². The Morgan fingerprint density at radius 2 is 1.97 bits per heavy atom. The van der Waals surface area contributed by atoms with Gasteiger partial charge in [0.1, 0.15) is 0 Å². The second kappa shape index (κ2) is 9.72. The summed E-state index contributed by atoms with van der Waals surface area (Å²) in [4.78, 5) is 25.8. The maximum absolute atomic E-state index is 12.8. The average Bonchev–Trinajstić information content (AvgIpc) is 2.96. The maximum Gasteiger partial charge on any atom is 0.285 e. The van der Waals surface area contributed by atoms with E-state index in [9.17, 15) is 9.59 Å². The lowest BCUT2D eigenvalue weighted by Gasteiger charge is -2.16. The number of benzene rings is 2. The van der Waals surface area contributed by atoms with Crippen molar-refractivity contribution in [2.75, 3.05) is 7.11 Å². The highest BCUT2D eigenvalue weighted by atomic mass is 35.5. The van der Waals surface area contributed by atoms with Crippen LogP contribution in [0.4, 0.5) is 0 Å². The van der Waals surface area contributed by atoms with Gasteiger partial charge in [-0.2, -0.15) is 5.01 Å². The summed E-state index contributed by atoms with van der Waals surface area (Å²) in [7, 11) is 1.55. The highest BCUT2D eigenvalue weighted by Gasteiger charge is 2.34. The smallest absolute Gasteiger partial charge is 0.285 e. The van der Waals surface area contributed by atoms with E-state index in [0.717, 1.165) is 27.9 Å². The molecule has 1 heterocycles. The van der Waals surface area contributed by atoms with Gasteiger partial charge in [-0.1, -0.05) is 35.5 Å². The van der Waals surface area contributed by atoms with E-state index in [2.05, 4.69) is 5.43 Å². The summed E-state index contributed by atoms with van der Waals surface area (Å²) in [5, 5.41) is 1.35. The molecule has 2 aromatic rings. The number of nitrogens with zero attached hydrogens (tertiary/aromatic N) is 1. The first-order chi connectivity index (χ1) is 14.7. The van der Waals surface area contributed by atoms with Gasteiger partial charge in [-0.05, 0) is 74.5 Å². The Balaban J connectivity index is 1.79. The normalized spacial score (nSPS) is 15.0. The number of hydrogen-bond acceptors (Lipinski definition) is 6. The number of hydrazine groups is 1. The number of amides is 2. The van der Waals surface area contributed by atoms with Crippen LogP contribution in [0.1, 0.15) is 35.3 Å². The molecule has 0 saturated carbocycles. The fourth-order valence-corrected chi connectivity index (χ4v) is 4.31. The third-order valence-corrected chi connectivity index (χ3v) is 5.84. The van der Waals surface area contributed by atoms with E-state index in [0.29, 0.717) is 21.4 Å². The second-order valence-electron chi connectivity index (χ2n) is 7.02. The molecule has 0 unspecified atom stereocenters. The van der Waals surface area contributed by atoms with E-state index < -0.39 is 11.8 Å². The Hall–Kier alpha value is -2.55. The van der Waals surface area contributed by atoms with Crippen LogP contribution < -0.4 is 14.9 Å². The van der Waals surface area contributed by atoms with E-state index in [1.807, 2.05) is 26.8 Å². The average molecular weight is 477 g/mol. The first-order valence-electron chi connectivity index (χ1n) is 9.39. The van der Waals surface area contributed by atoms with Gasteiger partial charge in [-0.3, -0.25) is 15.0 Å². The molecule has 162 valence electrons. The molecule has 2 amide bonds. The van der Waals surface area contributed by atoms with Crippen LogP contribution in [0.15, 0.2) is 41.3 Å². The SMILES string of the molecule is COc1cc(/C=C2\SC(=S)N(NC(=O)c3ccc(C)cc3Cl)C2=O)ccc1OC(C)C. The van der Waals surface area contributed by atoms with Gasteiger partial charge in [0.2, 0.25) is 0 Å². The van der Waals surface area contributed by atoms with Crippen molar-refractivity contribution < 1.29 is 19.1 Å². The van der Waals surface area contributed by atoms with Gasteiger partial charge in [0, 0.05) is 0 Å². The molecule has 0 aliphatic carbocycles. The molecule has 0 spiro atoms. The number of aryl methyl sites for hydroxylation is 1. The third-order valence-electron chi connectivity index (χ3n) is 4.22. The molecule has 9 heteroatoms. The van der Waals surface area contributed by atoms with Crippen LogP contribution in [-0.2, 0) is 4.79 Å². The molecule has 0 radical (unpaired) electrons. The zero-order valence-corrected chi connectivity index (χ0v) is 19.8. The van der Waals surface area contributed by atoms with Crippen molar-refractivity contribution in [3.8, 4) is 11.5 Å². The van der Waals surface area contributed by atoms with Crippen LogP contribution in [-0.4, -0.2) is 34.4 Å². The zero-order valence-electron chi connectivity index (χ0n) is 17.4. The molecule has 0 atom stereocenters. The number of thioether (sulfide) groups is 1. The molecule has 1 aliphatic heterocycles. The largest absolute Gasteiger partial charge is 0.493 e. The predicted molar refractivity (Wildman–Crippen MR) is 127 cm³/mol. The van der Waals surface area contributed by atoms with Crippen LogP contribution in [0.25, 0.3) is 6.08 Å². The minimum absolute atomic E-state index is 0.00152. The molecular weight excluding hydrogens is 456 g/mol. The van der Waals surface area contributed by atoms with Gasteiger partial charge >= 0.3 is 0 Å². The summed E-state index contributed by atoms with van der Waals surface area (Å²) in [6.45, 7) is 5.73. The highest BCUT2D eigenvalue weighted by Crippen LogP contribution is 2.34. The molecule has 1 saturated heterocycles. The fraction of sp³-hybridized carbons (Fsp3) is 0.227. The first kappa shape index (κ1) is 23.1. The van der Waals surface area contributed by atoms with Crippen LogP contribution in [0.5, 0.6) is 11.5 Å². The topological polar surface area (TPSA) is 67.9 Å². The summed E-state index contributed by atoms with van der Waals surface area (Å²) >= 11 is 12.5. The van der Waals surface area contributed by atoms with E-state index >= 15 is 0 Å².